The molecular formula is C13H9FN2O3S. The highest BCUT2D eigenvalue weighted by Gasteiger charge is 2.16. The fourth-order valence-electron chi connectivity index (χ4n) is 1.82. The lowest BCUT2D eigenvalue weighted by Gasteiger charge is -2.08. The zero-order valence-corrected chi connectivity index (χ0v) is 10.9. The van der Waals surface area contributed by atoms with Crippen molar-refractivity contribution in [3.8, 4) is 5.75 Å². The van der Waals surface area contributed by atoms with E-state index in [9.17, 15) is 9.18 Å². The first-order valence-electron chi connectivity index (χ1n) is 5.71. The fourth-order valence-corrected chi connectivity index (χ4v) is 2.53. The number of halogens is 1. The lowest BCUT2D eigenvalue weighted by atomic mass is 10.2. The van der Waals surface area contributed by atoms with Gasteiger partial charge in [-0.05, 0) is 12.1 Å². The maximum absolute atomic E-state index is 13.6. The molecule has 5 nitrogen and oxygen atoms in total. The number of benzene rings is 1. The number of carbonyl (C=O) groups is 1. The molecule has 3 rings (SSSR count). The van der Waals surface area contributed by atoms with Crippen LogP contribution in [-0.4, -0.2) is 20.5 Å². The van der Waals surface area contributed by atoms with Gasteiger partial charge in [0.15, 0.2) is 16.5 Å². The highest BCUT2D eigenvalue weighted by Crippen LogP contribution is 2.24. The number of carboxylic acid groups (broad SMARTS) is 1. The Labute approximate surface area is 116 Å². The summed E-state index contributed by atoms with van der Waals surface area (Å²) in [6, 6.07) is 3.79. The van der Waals surface area contributed by atoms with Crippen LogP contribution in [0.4, 0.5) is 4.39 Å². The Morgan fingerprint density at radius 3 is 3.10 bits per heavy atom. The van der Waals surface area contributed by atoms with Crippen LogP contribution in [0.2, 0.25) is 0 Å². The largest absolute Gasteiger partial charge is 0.483 e. The summed E-state index contributed by atoms with van der Waals surface area (Å²) in [6.45, 7) is 0.00954. The van der Waals surface area contributed by atoms with Crippen molar-refractivity contribution in [1.29, 1.82) is 0 Å². The zero-order valence-electron chi connectivity index (χ0n) is 10.1. The van der Waals surface area contributed by atoms with Crippen LogP contribution in [0.3, 0.4) is 0 Å². The van der Waals surface area contributed by atoms with E-state index in [1.54, 1.807) is 6.20 Å². The van der Waals surface area contributed by atoms with E-state index in [2.05, 4.69) is 4.98 Å². The maximum atomic E-state index is 13.6. The van der Waals surface area contributed by atoms with Crippen molar-refractivity contribution in [2.75, 3.05) is 0 Å². The molecule has 2 aromatic heterocycles. The van der Waals surface area contributed by atoms with Gasteiger partial charge in [0, 0.05) is 17.8 Å². The van der Waals surface area contributed by atoms with Gasteiger partial charge in [-0.25, -0.2) is 14.2 Å². The first-order valence-corrected chi connectivity index (χ1v) is 6.59. The summed E-state index contributed by atoms with van der Waals surface area (Å²) in [5.41, 5.74) is 0.405. The van der Waals surface area contributed by atoms with E-state index in [0.29, 0.717) is 5.69 Å². The van der Waals surface area contributed by atoms with Gasteiger partial charge in [-0.1, -0.05) is 6.07 Å². The van der Waals surface area contributed by atoms with Crippen LogP contribution in [0, 0.1) is 5.82 Å². The molecule has 0 aliphatic rings. The van der Waals surface area contributed by atoms with E-state index in [1.807, 2.05) is 16.0 Å². The number of para-hydroxylation sites is 1. The number of thiazole rings is 1. The predicted molar refractivity (Wildman–Crippen MR) is 70.8 cm³/mol. The third-order valence-corrected chi connectivity index (χ3v) is 3.48. The van der Waals surface area contributed by atoms with E-state index in [1.165, 1.54) is 23.5 Å². The Balaban J connectivity index is 1.84. The average molecular weight is 292 g/mol. The summed E-state index contributed by atoms with van der Waals surface area (Å²) in [6.07, 6.45) is 3.61. The molecule has 0 atom stereocenters. The van der Waals surface area contributed by atoms with Gasteiger partial charge < -0.3 is 9.84 Å². The van der Waals surface area contributed by atoms with Crippen molar-refractivity contribution in [1.82, 2.24) is 9.38 Å². The van der Waals surface area contributed by atoms with Crippen molar-refractivity contribution in [2.24, 2.45) is 0 Å². The van der Waals surface area contributed by atoms with Crippen LogP contribution in [0.1, 0.15) is 16.1 Å². The molecule has 3 aromatic rings. The third kappa shape index (κ3) is 2.23. The normalized spacial score (nSPS) is 10.8. The number of rotatable bonds is 4. The third-order valence-electron chi connectivity index (χ3n) is 2.70. The second-order valence-electron chi connectivity index (χ2n) is 4.04. The van der Waals surface area contributed by atoms with Crippen molar-refractivity contribution >= 4 is 22.3 Å². The molecule has 0 amide bonds. The zero-order chi connectivity index (χ0) is 14.1. The Morgan fingerprint density at radius 1 is 1.50 bits per heavy atom. The van der Waals surface area contributed by atoms with Crippen molar-refractivity contribution in [3.05, 3.63) is 53.0 Å². The second-order valence-corrected chi connectivity index (χ2v) is 4.91. The minimum Gasteiger partial charge on any atom is -0.483 e. The Morgan fingerprint density at radius 2 is 2.35 bits per heavy atom. The van der Waals surface area contributed by atoms with Crippen LogP contribution >= 0.6 is 11.3 Å². The molecular weight excluding hydrogens is 283 g/mol. The first-order chi connectivity index (χ1) is 9.65. The summed E-state index contributed by atoms with van der Waals surface area (Å²) in [4.78, 5) is 16.1. The standard InChI is InChI=1S/C13H9FN2O3S/c14-10-3-1-2-9(12(17)18)11(10)19-7-8-6-16-4-5-20-13(16)15-8/h1-6H,7H2,(H,17,18). The van der Waals surface area contributed by atoms with Crippen LogP contribution in [0.15, 0.2) is 36.0 Å². The molecule has 0 fully saturated rings. The lowest BCUT2D eigenvalue weighted by Crippen LogP contribution is -2.05. The predicted octanol–water partition coefficient (Wildman–Crippen LogP) is 2.81. The quantitative estimate of drug-likeness (QED) is 0.803. The average Bonchev–Trinajstić information content (AvgIpc) is 2.97. The molecule has 0 bridgehead atoms. The molecule has 0 spiro atoms. The van der Waals surface area contributed by atoms with E-state index in [-0.39, 0.29) is 17.9 Å². The van der Waals surface area contributed by atoms with Crippen molar-refractivity contribution < 1.29 is 19.0 Å². The molecule has 7 heteroatoms. The Kier molecular flexibility index (Phi) is 3.11. The van der Waals surface area contributed by atoms with E-state index in [4.69, 9.17) is 9.84 Å². The molecule has 2 heterocycles. The van der Waals surface area contributed by atoms with Gasteiger partial charge >= 0.3 is 5.97 Å². The van der Waals surface area contributed by atoms with E-state index in [0.717, 1.165) is 11.0 Å². The Hall–Kier alpha value is -2.41. The van der Waals surface area contributed by atoms with Crippen LogP contribution in [0.25, 0.3) is 4.96 Å². The minimum atomic E-state index is -1.23. The molecule has 0 aliphatic heterocycles. The number of hydrogen-bond acceptors (Lipinski definition) is 4. The van der Waals surface area contributed by atoms with Gasteiger partial charge in [0.05, 0.1) is 5.69 Å². The summed E-state index contributed by atoms with van der Waals surface area (Å²) in [5.74, 6) is -2.20. The number of aromatic nitrogens is 2. The fraction of sp³-hybridized carbons (Fsp3) is 0.0769. The smallest absolute Gasteiger partial charge is 0.339 e. The van der Waals surface area contributed by atoms with Gasteiger partial charge in [0.2, 0.25) is 0 Å². The summed E-state index contributed by atoms with van der Waals surface area (Å²) in [7, 11) is 0. The number of hydrogen-bond donors (Lipinski definition) is 1. The molecule has 0 unspecified atom stereocenters. The second kappa shape index (κ2) is 4.93. The molecule has 0 aliphatic carbocycles. The van der Waals surface area contributed by atoms with Crippen LogP contribution < -0.4 is 4.74 Å². The van der Waals surface area contributed by atoms with Crippen molar-refractivity contribution in [2.45, 2.75) is 6.61 Å². The first kappa shape index (κ1) is 12.6. The Bertz CT molecular complexity index is 752. The molecule has 20 heavy (non-hydrogen) atoms. The monoisotopic (exact) mass is 292 g/mol. The molecule has 102 valence electrons. The topological polar surface area (TPSA) is 63.8 Å². The number of carboxylic acids is 1. The van der Waals surface area contributed by atoms with Gasteiger partial charge in [-0.15, -0.1) is 11.3 Å². The molecule has 1 aromatic carbocycles. The number of imidazole rings is 1. The van der Waals surface area contributed by atoms with Gasteiger partial charge in [0.1, 0.15) is 12.2 Å². The van der Waals surface area contributed by atoms with Gasteiger partial charge in [0.25, 0.3) is 0 Å². The van der Waals surface area contributed by atoms with Crippen LogP contribution in [-0.2, 0) is 6.61 Å². The minimum absolute atomic E-state index is 0.00954. The molecule has 0 saturated heterocycles. The van der Waals surface area contributed by atoms with E-state index < -0.39 is 11.8 Å². The van der Waals surface area contributed by atoms with E-state index >= 15 is 0 Å². The molecule has 0 saturated carbocycles. The lowest BCUT2D eigenvalue weighted by molar-refractivity contribution is 0.0690. The SMILES string of the molecule is O=C(O)c1cccc(F)c1OCc1cn2ccsc2n1. The molecule has 1 N–H and O–H groups in total. The van der Waals surface area contributed by atoms with Gasteiger partial charge in [-0.3, -0.25) is 4.40 Å². The summed E-state index contributed by atoms with van der Waals surface area (Å²) < 4.78 is 20.8. The van der Waals surface area contributed by atoms with Crippen molar-refractivity contribution in [3.63, 3.8) is 0 Å². The van der Waals surface area contributed by atoms with Crippen LogP contribution in [0.5, 0.6) is 5.75 Å². The number of aromatic carboxylic acids is 1. The highest BCUT2D eigenvalue weighted by molar-refractivity contribution is 7.15. The summed E-state index contributed by atoms with van der Waals surface area (Å²) >= 11 is 1.47. The maximum Gasteiger partial charge on any atom is 0.339 e. The highest BCUT2D eigenvalue weighted by atomic mass is 32.1. The number of fused-ring (bicyclic) bond motifs is 1. The number of nitrogens with zero attached hydrogens (tertiary/aromatic N) is 2. The summed E-state index contributed by atoms with van der Waals surface area (Å²) in [5, 5.41) is 10.9. The number of ether oxygens (including phenoxy) is 1. The van der Waals surface area contributed by atoms with Gasteiger partial charge in [-0.2, -0.15) is 0 Å². The molecule has 0 radical (unpaired) electrons.